The summed E-state index contributed by atoms with van der Waals surface area (Å²) in [6.45, 7) is 1.83. The van der Waals surface area contributed by atoms with Gasteiger partial charge in [-0.05, 0) is 67.5 Å². The largest absolute Gasteiger partial charge is 0.343 e. The van der Waals surface area contributed by atoms with E-state index in [1.165, 1.54) is 23.2 Å². The molecule has 0 aliphatic carbocycles. The van der Waals surface area contributed by atoms with Crippen molar-refractivity contribution in [1.82, 2.24) is 25.0 Å². The van der Waals surface area contributed by atoms with Crippen LogP contribution in [0.2, 0.25) is 0 Å². The van der Waals surface area contributed by atoms with Gasteiger partial charge in [0.15, 0.2) is 9.84 Å². The summed E-state index contributed by atoms with van der Waals surface area (Å²) in [6.07, 6.45) is 5.06. The molecule has 13 nitrogen and oxygen atoms in total. The second-order valence-corrected chi connectivity index (χ2v) is 13.6. The first-order valence-electron chi connectivity index (χ1n) is 14.7. The molecule has 44 heavy (non-hydrogen) atoms. The summed E-state index contributed by atoms with van der Waals surface area (Å²) in [6, 6.07) is 7.18. The zero-order valence-electron chi connectivity index (χ0n) is 24.9. The zero-order valence-corrected chi connectivity index (χ0v) is 25.7. The van der Waals surface area contributed by atoms with Crippen LogP contribution in [0.25, 0.3) is 0 Å². The summed E-state index contributed by atoms with van der Waals surface area (Å²) < 4.78 is 24.3. The minimum atomic E-state index is -3.22. The van der Waals surface area contributed by atoms with E-state index in [0.717, 1.165) is 19.3 Å². The summed E-state index contributed by atoms with van der Waals surface area (Å²) in [4.78, 5) is 65.4. The van der Waals surface area contributed by atoms with Crippen LogP contribution in [-0.2, 0) is 30.9 Å². The van der Waals surface area contributed by atoms with E-state index in [1.807, 2.05) is 0 Å². The van der Waals surface area contributed by atoms with Crippen molar-refractivity contribution in [3.63, 3.8) is 0 Å². The maximum Gasteiger partial charge on any atom is 0.271 e. The third-order valence-electron chi connectivity index (χ3n) is 7.92. The fourth-order valence-corrected chi connectivity index (χ4v) is 7.15. The van der Waals surface area contributed by atoms with Gasteiger partial charge in [-0.15, -0.1) is 0 Å². The monoisotopic (exact) mass is 623 g/mol. The van der Waals surface area contributed by atoms with Gasteiger partial charge in [-0.3, -0.25) is 29.5 Å². The molecule has 234 valence electrons. The van der Waals surface area contributed by atoms with Gasteiger partial charge >= 0.3 is 0 Å². The van der Waals surface area contributed by atoms with Crippen molar-refractivity contribution in [1.29, 1.82) is 0 Å². The first kappa shape index (κ1) is 31.1. The van der Waals surface area contributed by atoms with E-state index < -0.39 is 21.8 Å². The fraction of sp³-hybridized carbons (Fsp3) is 0.467. The van der Waals surface area contributed by atoms with E-state index in [4.69, 9.17) is 0 Å². The number of nitrogens with zero attached hydrogens (tertiary/aromatic N) is 5. The van der Waals surface area contributed by atoms with Crippen LogP contribution in [0.15, 0.2) is 41.5 Å². The molecule has 1 aromatic heterocycles. The number of carbonyl (C=O) groups is 4. The maximum absolute atomic E-state index is 13.6. The average Bonchev–Trinajstić information content (AvgIpc) is 3.60. The molecule has 14 heteroatoms. The second-order valence-electron chi connectivity index (χ2n) is 11.6. The molecule has 5 rings (SSSR count). The van der Waals surface area contributed by atoms with Gasteiger partial charge in [0.1, 0.15) is 11.7 Å². The second kappa shape index (κ2) is 13.1. The predicted octanol–water partition coefficient (Wildman–Crippen LogP) is 1.41. The summed E-state index contributed by atoms with van der Waals surface area (Å²) in [7, 11) is -0.0145. The Hall–Kier alpha value is -4.33. The van der Waals surface area contributed by atoms with Gasteiger partial charge in [-0.25, -0.2) is 13.4 Å². The van der Waals surface area contributed by atoms with Crippen molar-refractivity contribution >= 4 is 45.1 Å². The minimum absolute atomic E-state index is 0.00434. The van der Waals surface area contributed by atoms with Gasteiger partial charge in [-0.2, -0.15) is 0 Å². The zero-order chi connectivity index (χ0) is 31.4. The van der Waals surface area contributed by atoms with Crippen molar-refractivity contribution in [2.24, 2.45) is 4.99 Å². The number of aromatic nitrogens is 1. The first-order chi connectivity index (χ1) is 21.0. The van der Waals surface area contributed by atoms with E-state index >= 15 is 0 Å². The van der Waals surface area contributed by atoms with Crippen LogP contribution in [0, 0.1) is 0 Å². The Balaban J connectivity index is 1.39. The number of sulfone groups is 1. The number of fused-ring (bicyclic) bond motifs is 1. The van der Waals surface area contributed by atoms with Crippen LogP contribution >= 0.6 is 0 Å². The lowest BCUT2D eigenvalue weighted by Crippen LogP contribution is -2.45. The molecule has 1 atom stereocenters. The number of amides is 4. The van der Waals surface area contributed by atoms with E-state index in [-0.39, 0.29) is 53.0 Å². The Bertz CT molecular complexity index is 1580. The Labute approximate surface area is 256 Å². The Morgan fingerprint density at radius 1 is 1.00 bits per heavy atom. The van der Waals surface area contributed by atoms with Gasteiger partial charge < -0.3 is 20.0 Å². The van der Waals surface area contributed by atoms with Crippen molar-refractivity contribution in [3.05, 3.63) is 58.9 Å². The van der Waals surface area contributed by atoms with Crippen LogP contribution in [-0.4, -0.2) is 104 Å². The highest BCUT2D eigenvalue weighted by atomic mass is 32.2. The number of benzene rings is 1. The number of likely N-dealkylation sites (tertiary alicyclic amines) is 2. The van der Waals surface area contributed by atoms with Crippen LogP contribution < -0.4 is 10.6 Å². The standard InChI is InChI=1S/C30H37N7O6S/c1-35(2)28(40)24-11-9-20(16-31-24)27(39)34-30(32-23-10-8-21-18-44(42,43)19-22(21)15-23)33-25-7-3-4-14-37(29(25)41)17-26(38)36-12-5-6-13-36/h8-11,15-16,25H,3-7,12-14,17-19H2,1-2H3,(H2,32,33,34,39). The minimum Gasteiger partial charge on any atom is -0.343 e. The van der Waals surface area contributed by atoms with Crippen LogP contribution in [0.1, 0.15) is 64.1 Å². The molecule has 2 fully saturated rings. The van der Waals surface area contributed by atoms with Crippen molar-refractivity contribution in [2.75, 3.05) is 45.6 Å². The molecule has 2 saturated heterocycles. The quantitative estimate of drug-likeness (QED) is 0.361. The van der Waals surface area contributed by atoms with E-state index in [0.29, 0.717) is 49.3 Å². The first-order valence-corrected chi connectivity index (χ1v) is 16.5. The van der Waals surface area contributed by atoms with E-state index in [2.05, 4.69) is 20.6 Å². The number of hydrogen-bond acceptors (Lipinski definition) is 8. The topological polar surface area (TPSA) is 161 Å². The number of aliphatic imine (C=N–C) groups is 1. The van der Waals surface area contributed by atoms with Gasteiger partial charge in [-0.1, -0.05) is 6.07 Å². The summed E-state index contributed by atoms with van der Waals surface area (Å²) >= 11 is 0. The highest BCUT2D eigenvalue weighted by Gasteiger charge is 2.31. The molecule has 2 aromatic rings. The Morgan fingerprint density at radius 3 is 2.43 bits per heavy atom. The Morgan fingerprint density at radius 2 is 1.73 bits per heavy atom. The molecule has 3 aliphatic rings. The van der Waals surface area contributed by atoms with Crippen molar-refractivity contribution < 1.29 is 27.6 Å². The van der Waals surface area contributed by atoms with Crippen molar-refractivity contribution in [2.45, 2.75) is 49.7 Å². The van der Waals surface area contributed by atoms with Crippen LogP contribution in [0.3, 0.4) is 0 Å². The van der Waals surface area contributed by atoms with Gasteiger partial charge in [0.25, 0.3) is 11.8 Å². The third-order valence-corrected chi connectivity index (χ3v) is 9.43. The molecule has 1 aromatic carbocycles. The SMILES string of the molecule is CN(C)C(=O)c1ccc(C(=O)NC(=NC2CCCCN(CC(=O)N3CCCC3)C2=O)Nc2ccc3c(c2)CS(=O)(=O)C3)cn1. The molecule has 0 radical (unpaired) electrons. The predicted molar refractivity (Wildman–Crippen MR) is 164 cm³/mol. The number of anilines is 1. The number of nitrogens with one attached hydrogen (secondary N) is 2. The lowest BCUT2D eigenvalue weighted by molar-refractivity contribution is -0.140. The highest BCUT2D eigenvalue weighted by Crippen LogP contribution is 2.27. The molecule has 0 spiro atoms. The highest BCUT2D eigenvalue weighted by molar-refractivity contribution is 7.90. The number of carbonyl (C=O) groups excluding carboxylic acids is 4. The molecule has 0 bridgehead atoms. The van der Waals surface area contributed by atoms with Gasteiger partial charge in [0.2, 0.25) is 17.8 Å². The molecular formula is C30H37N7O6S. The van der Waals surface area contributed by atoms with Crippen LogP contribution in [0.5, 0.6) is 0 Å². The fourth-order valence-electron chi connectivity index (χ4n) is 5.55. The molecule has 2 N–H and O–H groups in total. The summed E-state index contributed by atoms with van der Waals surface area (Å²) in [5, 5.41) is 5.79. The summed E-state index contributed by atoms with van der Waals surface area (Å²) in [5.41, 5.74) is 2.21. The molecule has 1 unspecified atom stereocenters. The van der Waals surface area contributed by atoms with Crippen molar-refractivity contribution in [3.8, 4) is 0 Å². The number of hydrogen-bond donors (Lipinski definition) is 2. The van der Waals surface area contributed by atoms with Crippen LogP contribution in [0.4, 0.5) is 5.69 Å². The van der Waals surface area contributed by atoms with E-state index in [9.17, 15) is 27.6 Å². The lowest BCUT2D eigenvalue weighted by Gasteiger charge is -2.25. The smallest absolute Gasteiger partial charge is 0.271 e. The van der Waals surface area contributed by atoms with Gasteiger partial charge in [0, 0.05) is 45.6 Å². The molecule has 0 saturated carbocycles. The van der Waals surface area contributed by atoms with Gasteiger partial charge in [0.05, 0.1) is 23.6 Å². The number of pyridine rings is 1. The maximum atomic E-state index is 13.6. The lowest BCUT2D eigenvalue weighted by atomic mass is 10.1. The van der Waals surface area contributed by atoms with E-state index in [1.54, 1.807) is 42.1 Å². The average molecular weight is 624 g/mol. The number of rotatable bonds is 6. The Kier molecular flexibility index (Phi) is 9.28. The summed E-state index contributed by atoms with van der Waals surface area (Å²) in [5.74, 6) is -1.36. The number of guanidine groups is 1. The normalized spacial score (nSPS) is 19.7. The molecule has 4 amide bonds. The molecule has 3 aliphatic heterocycles. The molecule has 4 heterocycles. The third kappa shape index (κ3) is 7.41. The molecular weight excluding hydrogens is 586 g/mol.